The van der Waals surface area contributed by atoms with Gasteiger partial charge in [-0.25, -0.2) is 4.57 Å². The molecule has 452 valence electrons. The van der Waals surface area contributed by atoms with E-state index < -0.39 is 32.7 Å². The molecule has 0 aliphatic rings. The smallest absolute Gasteiger partial charge is 0.390 e. The number of aliphatic hydroxyl groups is 2. The molecule has 0 aliphatic heterocycles. The van der Waals surface area contributed by atoms with Crippen LogP contribution in [0.5, 0.6) is 0 Å². The number of amides is 1. The van der Waals surface area contributed by atoms with E-state index in [-0.39, 0.29) is 18.9 Å². The molecular weight excluding hydrogens is 976 g/mol. The number of rotatable bonds is 60. The van der Waals surface area contributed by atoms with Gasteiger partial charge in [0.15, 0.2) is 0 Å². The summed E-state index contributed by atoms with van der Waals surface area (Å²) in [4.78, 5) is 23.3. The second kappa shape index (κ2) is 57.4. The molecule has 77 heavy (non-hydrogen) atoms. The molecule has 1 amide bonds. The highest BCUT2D eigenvalue weighted by atomic mass is 31.2. The van der Waals surface area contributed by atoms with Gasteiger partial charge in [0.25, 0.3) is 0 Å². The molecule has 0 spiro atoms. The summed E-state index contributed by atoms with van der Waals surface area (Å²) in [6.45, 7) is 4.49. The Labute approximate surface area is 477 Å². The average molecular weight is 1100 g/mol. The van der Waals surface area contributed by atoms with Crippen molar-refractivity contribution in [3.05, 3.63) is 60.8 Å². The van der Waals surface area contributed by atoms with Crippen LogP contribution in [0.2, 0.25) is 0 Å². The highest BCUT2D eigenvalue weighted by molar-refractivity contribution is 7.47. The number of allylic oxidation sites excluding steroid dienone is 10. The third kappa shape index (κ3) is 58.6. The molecule has 0 saturated heterocycles. The summed E-state index contributed by atoms with van der Waals surface area (Å²) in [5.74, 6) is -0.264. The van der Waals surface area contributed by atoms with Crippen molar-refractivity contribution in [3.8, 4) is 0 Å². The molecule has 0 aliphatic carbocycles. The molecule has 0 bridgehead atoms. The van der Waals surface area contributed by atoms with Crippen LogP contribution in [0.25, 0.3) is 0 Å². The van der Waals surface area contributed by atoms with Crippen LogP contribution in [0.15, 0.2) is 60.8 Å². The second-order valence-corrected chi connectivity index (χ2v) is 25.0. The number of likely N-dealkylation sites (N-methyl/N-ethyl adjacent to an activating group) is 1. The number of hydrogen-bond acceptors (Lipinski definition) is 6. The van der Waals surface area contributed by atoms with Crippen molar-refractivity contribution in [3.63, 3.8) is 0 Å². The molecule has 0 aromatic heterocycles. The van der Waals surface area contributed by atoms with Gasteiger partial charge in [-0.15, -0.1) is 0 Å². The number of quaternary nitrogens is 1. The number of carbonyl (C=O) groups excluding carboxylic acids is 1. The van der Waals surface area contributed by atoms with Gasteiger partial charge in [-0.2, -0.15) is 0 Å². The lowest BCUT2D eigenvalue weighted by Gasteiger charge is -2.28. The molecule has 4 unspecified atom stereocenters. The van der Waals surface area contributed by atoms with Gasteiger partial charge >= 0.3 is 7.82 Å². The largest absolute Gasteiger partial charge is 0.472 e. The van der Waals surface area contributed by atoms with Gasteiger partial charge in [0, 0.05) is 6.42 Å². The Balaban J connectivity index is 3.89. The van der Waals surface area contributed by atoms with Crippen LogP contribution >= 0.6 is 7.82 Å². The molecule has 4 N–H and O–H groups in total. The van der Waals surface area contributed by atoms with Gasteiger partial charge < -0.3 is 24.9 Å². The highest BCUT2D eigenvalue weighted by Gasteiger charge is 2.32. The van der Waals surface area contributed by atoms with Crippen LogP contribution in [-0.2, 0) is 18.4 Å². The van der Waals surface area contributed by atoms with E-state index in [9.17, 15) is 24.5 Å². The van der Waals surface area contributed by atoms with E-state index in [0.29, 0.717) is 23.9 Å². The Hall–Kier alpha value is -1.84. The van der Waals surface area contributed by atoms with E-state index in [1.807, 2.05) is 21.1 Å². The first-order valence-corrected chi connectivity index (χ1v) is 34.2. The number of nitrogens with zero attached hydrogens (tertiary/aromatic N) is 1. The molecule has 0 rings (SSSR count). The van der Waals surface area contributed by atoms with Crippen LogP contribution in [0, 0.1) is 0 Å². The quantitative estimate of drug-likeness (QED) is 0.0207. The first-order valence-electron chi connectivity index (χ1n) is 32.7. The van der Waals surface area contributed by atoms with Crippen LogP contribution < -0.4 is 5.32 Å². The maximum atomic E-state index is 13.0. The molecule has 9 nitrogen and oxygen atoms in total. The van der Waals surface area contributed by atoms with Gasteiger partial charge in [0.2, 0.25) is 5.91 Å². The molecule has 0 heterocycles. The average Bonchev–Trinajstić information content (AvgIpc) is 3.39. The van der Waals surface area contributed by atoms with Crippen LogP contribution in [-0.4, -0.2) is 84.6 Å². The fourth-order valence-corrected chi connectivity index (χ4v) is 10.5. The zero-order chi connectivity index (χ0) is 56.4. The van der Waals surface area contributed by atoms with Crippen molar-refractivity contribution in [2.24, 2.45) is 0 Å². The van der Waals surface area contributed by atoms with Crippen molar-refractivity contribution in [2.75, 3.05) is 40.9 Å². The van der Waals surface area contributed by atoms with Gasteiger partial charge in [-0.05, 0) is 77.0 Å². The number of carbonyl (C=O) groups is 1. The molecule has 10 heteroatoms. The summed E-state index contributed by atoms with van der Waals surface area (Å²) in [6.07, 6.45) is 75.1. The van der Waals surface area contributed by atoms with Crippen molar-refractivity contribution in [2.45, 2.75) is 321 Å². The zero-order valence-electron chi connectivity index (χ0n) is 51.3. The fourth-order valence-electron chi connectivity index (χ4n) is 9.73. The lowest BCUT2D eigenvalue weighted by molar-refractivity contribution is -0.870. The van der Waals surface area contributed by atoms with Crippen molar-refractivity contribution in [1.29, 1.82) is 0 Å². The minimum atomic E-state index is -4.43. The van der Waals surface area contributed by atoms with Crippen LogP contribution in [0.4, 0.5) is 0 Å². The lowest BCUT2D eigenvalue weighted by Crippen LogP contribution is -2.51. The number of unbranched alkanes of at least 4 members (excludes halogenated alkanes) is 36. The molecule has 0 radical (unpaired) electrons. The summed E-state index contributed by atoms with van der Waals surface area (Å²) < 4.78 is 23.6. The van der Waals surface area contributed by atoms with Gasteiger partial charge in [-0.3, -0.25) is 13.8 Å². The van der Waals surface area contributed by atoms with E-state index in [2.05, 4.69) is 79.9 Å². The molecule has 0 aromatic carbocycles. The van der Waals surface area contributed by atoms with Gasteiger partial charge in [0.05, 0.1) is 39.9 Å². The normalized spacial score (nSPS) is 14.5. The third-order valence-electron chi connectivity index (χ3n) is 14.8. The molecule has 0 fully saturated rings. The number of phosphoric ester groups is 1. The Morgan fingerprint density at radius 2 is 0.805 bits per heavy atom. The summed E-state index contributed by atoms with van der Waals surface area (Å²) in [5.41, 5.74) is 0. The lowest BCUT2D eigenvalue weighted by atomic mass is 10.0. The van der Waals surface area contributed by atoms with E-state index in [1.165, 1.54) is 212 Å². The van der Waals surface area contributed by atoms with Crippen molar-refractivity contribution in [1.82, 2.24) is 5.32 Å². The SMILES string of the molecule is CC/C=C\C/C=C\C/C=C\C/C=C\CCCCCCCCCCCCCCCCCCCCCCCCCCCCCCC(=O)NC(COP(=O)(O)OCC[N+](C)(C)C)C(O)C(O)CCC/C=C/CCCCCCCCC. The summed E-state index contributed by atoms with van der Waals surface area (Å²) in [7, 11) is 1.43. The molecule has 0 aromatic rings. The van der Waals surface area contributed by atoms with Crippen LogP contribution in [0.3, 0.4) is 0 Å². The Bertz CT molecular complexity index is 1460. The van der Waals surface area contributed by atoms with Crippen LogP contribution in [0.1, 0.15) is 303 Å². The summed E-state index contributed by atoms with van der Waals surface area (Å²) in [5, 5.41) is 24.8. The Kier molecular flexibility index (Phi) is 56.0. The number of nitrogens with one attached hydrogen (secondary N) is 1. The molecule has 0 saturated carbocycles. The predicted molar refractivity (Wildman–Crippen MR) is 333 cm³/mol. The standard InChI is InChI=1S/C67H127N2O7P/c1-6-8-10-12-14-16-18-20-21-22-23-24-25-26-27-28-29-30-31-32-33-34-35-36-37-38-39-40-41-42-43-44-45-46-47-48-50-52-54-56-58-60-66(71)68-64(63-76-77(73,74)75-62-61-69(3,4)5)67(72)65(70)59-57-55-53-51-49-19-17-15-13-11-9-7-2/h8,10,14,16,20-21,23-24,51,53,64-65,67,70,72H,6-7,9,11-13,15,17-19,22,25-50,52,54-63H2,1-5H3,(H-,68,71,73,74)/p+1/b10-8-,16-14-,21-20-,24-23-,53-51+. The monoisotopic (exact) mass is 1100 g/mol. The molecule has 4 atom stereocenters. The van der Waals surface area contributed by atoms with Gasteiger partial charge in [0.1, 0.15) is 19.3 Å². The molecular formula is C67H128N2O7P+. The number of phosphoric acid groups is 1. The van der Waals surface area contributed by atoms with Gasteiger partial charge in [-0.1, -0.05) is 280 Å². The number of hydrogen-bond donors (Lipinski definition) is 4. The third-order valence-corrected chi connectivity index (χ3v) is 15.8. The highest BCUT2D eigenvalue weighted by Crippen LogP contribution is 2.43. The zero-order valence-corrected chi connectivity index (χ0v) is 52.2. The number of aliphatic hydroxyl groups excluding tert-OH is 2. The summed E-state index contributed by atoms with van der Waals surface area (Å²) in [6, 6.07) is -1.05. The van der Waals surface area contributed by atoms with E-state index >= 15 is 0 Å². The Morgan fingerprint density at radius 3 is 1.19 bits per heavy atom. The maximum Gasteiger partial charge on any atom is 0.472 e. The van der Waals surface area contributed by atoms with E-state index in [0.717, 1.165) is 57.8 Å². The Morgan fingerprint density at radius 1 is 0.468 bits per heavy atom. The second-order valence-electron chi connectivity index (χ2n) is 23.6. The fraction of sp³-hybridized carbons (Fsp3) is 0.836. The summed E-state index contributed by atoms with van der Waals surface area (Å²) >= 11 is 0. The van der Waals surface area contributed by atoms with E-state index in [4.69, 9.17) is 9.05 Å². The first kappa shape index (κ1) is 75.2. The predicted octanol–water partition coefficient (Wildman–Crippen LogP) is 19.4. The topological polar surface area (TPSA) is 125 Å². The van der Waals surface area contributed by atoms with Crippen molar-refractivity contribution < 1.29 is 38.0 Å². The minimum absolute atomic E-state index is 0.0175. The minimum Gasteiger partial charge on any atom is -0.390 e. The first-order chi connectivity index (χ1) is 37.4. The van der Waals surface area contributed by atoms with Crippen molar-refractivity contribution >= 4 is 13.7 Å². The maximum absolute atomic E-state index is 13.0. The van der Waals surface area contributed by atoms with E-state index in [1.54, 1.807) is 0 Å².